The number of rotatable bonds is 5. The first kappa shape index (κ1) is 16.6. The second kappa shape index (κ2) is 8.02. The summed E-state index contributed by atoms with van der Waals surface area (Å²) in [5.74, 6) is 0. The van der Waals surface area contributed by atoms with Crippen molar-refractivity contribution in [3.05, 3.63) is 38.9 Å². The van der Waals surface area contributed by atoms with Crippen LogP contribution in [0.4, 0.5) is 5.69 Å². The van der Waals surface area contributed by atoms with Crippen molar-refractivity contribution in [1.82, 2.24) is 10.7 Å². The second-order valence-electron chi connectivity index (χ2n) is 4.68. The van der Waals surface area contributed by atoms with E-state index in [0.29, 0.717) is 22.2 Å². The van der Waals surface area contributed by atoms with Crippen molar-refractivity contribution in [2.45, 2.75) is 18.9 Å². The maximum atomic E-state index is 10.7. The van der Waals surface area contributed by atoms with Crippen LogP contribution in [0.3, 0.4) is 0 Å². The first-order valence-electron chi connectivity index (χ1n) is 6.68. The molecule has 1 saturated heterocycles. The van der Waals surface area contributed by atoms with Crippen molar-refractivity contribution >= 4 is 40.8 Å². The molecular weight excluding hydrogens is 328 g/mol. The third kappa shape index (κ3) is 4.90. The Bertz CT molecular complexity index is 591. The molecule has 0 spiro atoms. The monoisotopic (exact) mass is 342 g/mol. The molecule has 0 bridgehead atoms. The molecule has 1 aliphatic rings. The van der Waals surface area contributed by atoms with Gasteiger partial charge in [-0.2, -0.15) is 5.10 Å². The Hall–Kier alpha value is -1.77. The fraction of sp³-hybridized carbons (Fsp3) is 0.385. The predicted molar refractivity (Wildman–Crippen MR) is 88.4 cm³/mol. The number of nitro benzene ring substituents is 1. The SMILES string of the molecule is O=[N+]([O-])c1ccc(Cl)c(/C=N\NC(=S)NC[C@@H]2CCCO2)c1. The van der Waals surface area contributed by atoms with Crippen LogP contribution in [0.25, 0.3) is 0 Å². The third-order valence-electron chi connectivity index (χ3n) is 3.07. The molecule has 0 aliphatic carbocycles. The lowest BCUT2D eigenvalue weighted by atomic mass is 10.2. The average Bonchev–Trinajstić information content (AvgIpc) is 3.00. The van der Waals surface area contributed by atoms with Crippen LogP contribution in [0.15, 0.2) is 23.3 Å². The van der Waals surface area contributed by atoms with Crippen LogP contribution in [-0.2, 0) is 4.74 Å². The zero-order chi connectivity index (χ0) is 15.9. The summed E-state index contributed by atoms with van der Waals surface area (Å²) in [6.07, 6.45) is 3.64. The summed E-state index contributed by atoms with van der Waals surface area (Å²) in [5, 5.41) is 18.4. The number of nitro groups is 1. The fourth-order valence-electron chi connectivity index (χ4n) is 1.96. The topological polar surface area (TPSA) is 88.8 Å². The summed E-state index contributed by atoms with van der Waals surface area (Å²) < 4.78 is 5.46. The molecule has 9 heteroatoms. The number of hydrogen-bond acceptors (Lipinski definition) is 5. The zero-order valence-corrected chi connectivity index (χ0v) is 13.2. The zero-order valence-electron chi connectivity index (χ0n) is 11.6. The van der Waals surface area contributed by atoms with E-state index < -0.39 is 4.92 Å². The number of benzene rings is 1. The van der Waals surface area contributed by atoms with Crippen LogP contribution in [0.2, 0.25) is 5.02 Å². The maximum Gasteiger partial charge on any atom is 0.270 e. The molecule has 1 heterocycles. The molecule has 1 aliphatic heterocycles. The lowest BCUT2D eigenvalue weighted by Crippen LogP contribution is -2.37. The van der Waals surface area contributed by atoms with E-state index in [0.717, 1.165) is 19.4 Å². The summed E-state index contributed by atoms with van der Waals surface area (Å²) >= 11 is 11.0. The highest BCUT2D eigenvalue weighted by molar-refractivity contribution is 7.80. The van der Waals surface area contributed by atoms with Gasteiger partial charge in [0.25, 0.3) is 5.69 Å². The van der Waals surface area contributed by atoms with E-state index >= 15 is 0 Å². The van der Waals surface area contributed by atoms with Gasteiger partial charge in [-0.25, -0.2) is 0 Å². The van der Waals surface area contributed by atoms with Crippen molar-refractivity contribution in [1.29, 1.82) is 0 Å². The summed E-state index contributed by atoms with van der Waals surface area (Å²) in [6, 6.07) is 4.13. The van der Waals surface area contributed by atoms with Gasteiger partial charge in [0.15, 0.2) is 5.11 Å². The van der Waals surface area contributed by atoms with Crippen molar-refractivity contribution in [2.75, 3.05) is 13.2 Å². The van der Waals surface area contributed by atoms with Gasteiger partial charge in [0.2, 0.25) is 0 Å². The Balaban J connectivity index is 1.84. The van der Waals surface area contributed by atoms with Crippen molar-refractivity contribution in [3.8, 4) is 0 Å². The van der Waals surface area contributed by atoms with E-state index in [2.05, 4.69) is 15.8 Å². The summed E-state index contributed by atoms with van der Waals surface area (Å²) in [5.41, 5.74) is 3.02. The Labute approximate surface area is 137 Å². The number of non-ortho nitro benzene ring substituents is 1. The smallest absolute Gasteiger partial charge is 0.270 e. The lowest BCUT2D eigenvalue weighted by Gasteiger charge is -2.11. The largest absolute Gasteiger partial charge is 0.376 e. The Kier molecular flexibility index (Phi) is 6.05. The minimum Gasteiger partial charge on any atom is -0.376 e. The van der Waals surface area contributed by atoms with E-state index in [1.54, 1.807) is 0 Å². The third-order valence-corrected chi connectivity index (χ3v) is 3.65. The molecule has 0 unspecified atom stereocenters. The molecule has 1 atom stereocenters. The maximum absolute atomic E-state index is 10.7. The standard InChI is InChI=1S/C13H15ClN4O3S/c14-12-4-3-10(18(19)20)6-9(12)7-16-17-13(22)15-8-11-2-1-5-21-11/h3-4,6-7,11H,1-2,5,8H2,(H2,15,17,22)/b16-7-/t11-/m0/s1. The van der Waals surface area contributed by atoms with Crippen molar-refractivity contribution in [2.24, 2.45) is 5.10 Å². The quantitative estimate of drug-likeness (QED) is 0.369. The van der Waals surface area contributed by atoms with Gasteiger partial charge in [0.1, 0.15) is 0 Å². The molecule has 0 saturated carbocycles. The van der Waals surface area contributed by atoms with Gasteiger partial charge in [-0.1, -0.05) is 11.6 Å². The summed E-state index contributed by atoms with van der Waals surface area (Å²) in [6.45, 7) is 1.41. The van der Waals surface area contributed by atoms with Crippen LogP contribution in [-0.4, -0.2) is 35.5 Å². The van der Waals surface area contributed by atoms with E-state index in [9.17, 15) is 10.1 Å². The number of nitrogens with zero attached hydrogens (tertiary/aromatic N) is 2. The van der Waals surface area contributed by atoms with E-state index in [4.69, 9.17) is 28.6 Å². The van der Waals surface area contributed by atoms with Crippen LogP contribution >= 0.6 is 23.8 Å². The summed E-state index contributed by atoms with van der Waals surface area (Å²) in [7, 11) is 0. The highest BCUT2D eigenvalue weighted by atomic mass is 35.5. The van der Waals surface area contributed by atoms with Crippen LogP contribution < -0.4 is 10.7 Å². The van der Waals surface area contributed by atoms with Gasteiger partial charge in [0, 0.05) is 35.9 Å². The average molecular weight is 343 g/mol. The molecule has 0 radical (unpaired) electrons. The Morgan fingerprint density at radius 1 is 1.64 bits per heavy atom. The number of nitrogens with one attached hydrogen (secondary N) is 2. The highest BCUT2D eigenvalue weighted by Crippen LogP contribution is 2.20. The molecule has 2 N–H and O–H groups in total. The minimum atomic E-state index is -0.491. The van der Waals surface area contributed by atoms with Gasteiger partial charge in [-0.15, -0.1) is 0 Å². The van der Waals surface area contributed by atoms with Gasteiger partial charge < -0.3 is 10.1 Å². The first-order valence-corrected chi connectivity index (χ1v) is 7.47. The second-order valence-corrected chi connectivity index (χ2v) is 5.49. The minimum absolute atomic E-state index is 0.0510. The van der Waals surface area contributed by atoms with E-state index in [1.165, 1.54) is 24.4 Å². The molecule has 1 aromatic carbocycles. The number of ether oxygens (including phenoxy) is 1. The van der Waals surface area contributed by atoms with Crippen LogP contribution in [0.1, 0.15) is 18.4 Å². The number of hydrogen-bond donors (Lipinski definition) is 2. The first-order chi connectivity index (χ1) is 10.6. The predicted octanol–water partition coefficient (Wildman–Crippen LogP) is 2.23. The Morgan fingerprint density at radius 2 is 2.45 bits per heavy atom. The highest BCUT2D eigenvalue weighted by Gasteiger charge is 2.15. The Morgan fingerprint density at radius 3 is 3.14 bits per heavy atom. The summed E-state index contributed by atoms with van der Waals surface area (Å²) in [4.78, 5) is 10.2. The number of thiocarbonyl (C=S) groups is 1. The molecule has 22 heavy (non-hydrogen) atoms. The lowest BCUT2D eigenvalue weighted by molar-refractivity contribution is -0.384. The molecule has 118 valence electrons. The number of hydrazone groups is 1. The van der Waals surface area contributed by atoms with Crippen LogP contribution in [0.5, 0.6) is 0 Å². The van der Waals surface area contributed by atoms with Gasteiger partial charge in [-0.05, 0) is 31.1 Å². The van der Waals surface area contributed by atoms with Crippen LogP contribution in [0, 0.1) is 10.1 Å². The molecule has 7 nitrogen and oxygen atoms in total. The molecule has 1 fully saturated rings. The van der Waals surface area contributed by atoms with Crippen molar-refractivity contribution in [3.63, 3.8) is 0 Å². The van der Waals surface area contributed by atoms with Crippen molar-refractivity contribution < 1.29 is 9.66 Å². The van der Waals surface area contributed by atoms with E-state index in [1.807, 2.05) is 0 Å². The molecule has 1 aromatic rings. The normalized spacial score (nSPS) is 17.6. The number of halogens is 1. The molecule has 0 aromatic heterocycles. The molecule has 2 rings (SSSR count). The molecular formula is C13H15ClN4O3S. The van der Waals surface area contributed by atoms with Gasteiger partial charge >= 0.3 is 0 Å². The fourth-order valence-corrected chi connectivity index (χ4v) is 2.26. The van der Waals surface area contributed by atoms with Gasteiger partial charge in [0.05, 0.1) is 17.2 Å². The van der Waals surface area contributed by atoms with Gasteiger partial charge in [-0.3, -0.25) is 15.5 Å². The molecule has 0 amide bonds. The van der Waals surface area contributed by atoms with E-state index in [-0.39, 0.29) is 11.8 Å².